The van der Waals surface area contributed by atoms with Gasteiger partial charge in [0.25, 0.3) is 0 Å². The van der Waals surface area contributed by atoms with E-state index in [4.69, 9.17) is 10.5 Å². The van der Waals surface area contributed by atoms with Crippen LogP contribution in [0.3, 0.4) is 0 Å². The predicted molar refractivity (Wildman–Crippen MR) is 57.6 cm³/mol. The van der Waals surface area contributed by atoms with E-state index in [1.807, 2.05) is 0 Å². The van der Waals surface area contributed by atoms with Crippen LogP contribution in [0.5, 0.6) is 11.5 Å². The molecule has 0 saturated carbocycles. The third kappa shape index (κ3) is 2.20. The van der Waals surface area contributed by atoms with Crippen molar-refractivity contribution in [3.63, 3.8) is 0 Å². The highest BCUT2D eigenvalue weighted by Gasteiger charge is 2.06. The highest BCUT2D eigenvalue weighted by Crippen LogP contribution is 2.23. The van der Waals surface area contributed by atoms with Crippen molar-refractivity contribution >= 4 is 0 Å². The Morgan fingerprint density at radius 1 is 1.44 bits per heavy atom. The maximum atomic E-state index is 13.3. The van der Waals surface area contributed by atoms with Crippen molar-refractivity contribution in [3.05, 3.63) is 42.5 Å². The molecule has 2 rings (SSSR count). The molecular weight excluding hydrogens is 209 g/mol. The van der Waals surface area contributed by atoms with E-state index >= 15 is 0 Å². The fourth-order valence-electron chi connectivity index (χ4n) is 1.25. The summed E-state index contributed by atoms with van der Waals surface area (Å²) in [5, 5.41) is 3.99. The first kappa shape index (κ1) is 10.6. The Kier molecular flexibility index (Phi) is 2.87. The largest absolute Gasteiger partial charge is 0.451 e. The van der Waals surface area contributed by atoms with E-state index in [1.54, 1.807) is 31.3 Å². The summed E-state index contributed by atoms with van der Waals surface area (Å²) < 4.78 is 20.1. The molecule has 0 aliphatic rings. The zero-order valence-corrected chi connectivity index (χ0v) is 8.80. The molecule has 1 heterocycles. The van der Waals surface area contributed by atoms with Gasteiger partial charge >= 0.3 is 0 Å². The van der Waals surface area contributed by atoms with E-state index in [0.29, 0.717) is 5.75 Å². The van der Waals surface area contributed by atoms with Crippen LogP contribution in [0.15, 0.2) is 36.7 Å². The number of hydrogen-bond donors (Lipinski definition) is 1. The van der Waals surface area contributed by atoms with Crippen LogP contribution in [0.2, 0.25) is 0 Å². The number of nitrogens with zero attached hydrogens (tertiary/aromatic N) is 2. The van der Waals surface area contributed by atoms with Crippen molar-refractivity contribution in [1.29, 1.82) is 0 Å². The third-order valence-electron chi connectivity index (χ3n) is 2.06. The fraction of sp³-hybridized carbons (Fsp3) is 0.182. The predicted octanol–water partition coefficient (Wildman–Crippen LogP) is 2.29. The maximum absolute atomic E-state index is 13.3. The zero-order chi connectivity index (χ0) is 11.5. The van der Waals surface area contributed by atoms with Gasteiger partial charge in [0.15, 0.2) is 17.3 Å². The molecule has 4 nitrogen and oxygen atoms in total. The zero-order valence-electron chi connectivity index (χ0n) is 8.80. The lowest BCUT2D eigenvalue weighted by Crippen LogP contribution is -2.14. The molecule has 0 spiro atoms. The van der Waals surface area contributed by atoms with Crippen LogP contribution in [0.1, 0.15) is 13.1 Å². The Morgan fingerprint density at radius 3 is 2.81 bits per heavy atom. The van der Waals surface area contributed by atoms with Crippen LogP contribution in [0, 0.1) is 5.82 Å². The Morgan fingerprint density at radius 2 is 2.19 bits per heavy atom. The third-order valence-corrected chi connectivity index (χ3v) is 2.06. The molecule has 1 aromatic carbocycles. The van der Waals surface area contributed by atoms with Crippen molar-refractivity contribution in [2.45, 2.75) is 13.1 Å². The van der Waals surface area contributed by atoms with Crippen LogP contribution < -0.4 is 10.5 Å². The van der Waals surface area contributed by atoms with E-state index in [1.165, 1.54) is 16.9 Å². The van der Waals surface area contributed by atoms with E-state index in [2.05, 4.69) is 5.10 Å². The molecule has 0 radical (unpaired) electrons. The standard InChI is InChI=1S/C11H12FN3O/c1-8(13)15-7-9(6-14-15)16-11-5-3-2-4-10(11)12/h2-8H,13H2,1H3. The second-order valence-electron chi connectivity index (χ2n) is 3.43. The Bertz CT molecular complexity index is 482. The second-order valence-corrected chi connectivity index (χ2v) is 3.43. The molecule has 2 aromatic rings. The summed E-state index contributed by atoms with van der Waals surface area (Å²) in [5.41, 5.74) is 5.62. The Hall–Kier alpha value is -1.88. The summed E-state index contributed by atoms with van der Waals surface area (Å²) in [6.45, 7) is 1.79. The number of benzene rings is 1. The minimum absolute atomic E-state index is 0.173. The van der Waals surface area contributed by atoms with Crippen molar-refractivity contribution in [1.82, 2.24) is 9.78 Å². The second kappa shape index (κ2) is 4.32. The molecule has 1 unspecified atom stereocenters. The minimum Gasteiger partial charge on any atom is -0.451 e. The van der Waals surface area contributed by atoms with Crippen molar-refractivity contribution in [3.8, 4) is 11.5 Å². The van der Waals surface area contributed by atoms with Gasteiger partial charge in [0.2, 0.25) is 0 Å². The highest BCUT2D eigenvalue weighted by molar-refractivity contribution is 5.29. The molecule has 16 heavy (non-hydrogen) atoms. The lowest BCUT2D eigenvalue weighted by Gasteiger charge is -2.04. The summed E-state index contributed by atoms with van der Waals surface area (Å²) in [6.07, 6.45) is 2.88. The summed E-state index contributed by atoms with van der Waals surface area (Å²) in [4.78, 5) is 0. The van der Waals surface area contributed by atoms with E-state index in [9.17, 15) is 4.39 Å². The minimum atomic E-state index is -0.406. The lowest BCUT2D eigenvalue weighted by atomic mass is 10.3. The van der Waals surface area contributed by atoms with Crippen LogP contribution in [-0.2, 0) is 0 Å². The topological polar surface area (TPSA) is 53.1 Å². The van der Waals surface area contributed by atoms with E-state index in [-0.39, 0.29) is 11.9 Å². The van der Waals surface area contributed by atoms with Gasteiger partial charge in [-0.05, 0) is 19.1 Å². The number of aromatic nitrogens is 2. The maximum Gasteiger partial charge on any atom is 0.165 e. The van der Waals surface area contributed by atoms with Gasteiger partial charge < -0.3 is 10.5 Å². The average molecular weight is 221 g/mol. The molecule has 0 aliphatic carbocycles. The number of hydrogen-bond acceptors (Lipinski definition) is 3. The van der Waals surface area contributed by atoms with Gasteiger partial charge in [-0.15, -0.1) is 0 Å². The van der Waals surface area contributed by atoms with Crippen molar-refractivity contribution in [2.24, 2.45) is 5.73 Å². The molecule has 0 saturated heterocycles. The molecule has 1 atom stereocenters. The number of rotatable bonds is 3. The highest BCUT2D eigenvalue weighted by atomic mass is 19.1. The van der Waals surface area contributed by atoms with Gasteiger partial charge in [0, 0.05) is 0 Å². The summed E-state index contributed by atoms with van der Waals surface area (Å²) in [6, 6.07) is 6.20. The van der Waals surface area contributed by atoms with Gasteiger partial charge in [-0.1, -0.05) is 12.1 Å². The van der Waals surface area contributed by atoms with Crippen LogP contribution in [0.4, 0.5) is 4.39 Å². The molecule has 0 aliphatic heterocycles. The summed E-state index contributed by atoms with van der Waals surface area (Å²) in [7, 11) is 0. The quantitative estimate of drug-likeness (QED) is 0.865. The molecule has 0 fully saturated rings. The van der Waals surface area contributed by atoms with Crippen LogP contribution in [0.25, 0.3) is 0 Å². The lowest BCUT2D eigenvalue weighted by molar-refractivity contribution is 0.439. The summed E-state index contributed by atoms with van der Waals surface area (Å²) in [5.74, 6) is 0.227. The molecular formula is C11H12FN3O. The van der Waals surface area contributed by atoms with Gasteiger partial charge in [-0.25, -0.2) is 4.39 Å². The molecule has 5 heteroatoms. The molecule has 0 bridgehead atoms. The van der Waals surface area contributed by atoms with E-state index < -0.39 is 5.82 Å². The summed E-state index contributed by atoms with van der Waals surface area (Å²) >= 11 is 0. The Labute approximate surface area is 92.4 Å². The van der Waals surface area contributed by atoms with Gasteiger partial charge in [0.1, 0.15) is 0 Å². The number of nitrogens with two attached hydrogens (primary N) is 1. The smallest absolute Gasteiger partial charge is 0.165 e. The van der Waals surface area contributed by atoms with Gasteiger partial charge in [-0.3, -0.25) is 4.68 Å². The van der Waals surface area contributed by atoms with Gasteiger partial charge in [-0.2, -0.15) is 5.10 Å². The normalized spacial score (nSPS) is 12.4. The average Bonchev–Trinajstić information content (AvgIpc) is 2.70. The number of ether oxygens (including phenoxy) is 1. The molecule has 2 N–H and O–H groups in total. The van der Waals surface area contributed by atoms with E-state index in [0.717, 1.165) is 0 Å². The molecule has 84 valence electrons. The first-order chi connectivity index (χ1) is 7.66. The molecule has 0 amide bonds. The van der Waals surface area contributed by atoms with Gasteiger partial charge in [0.05, 0.1) is 18.6 Å². The first-order valence-electron chi connectivity index (χ1n) is 4.89. The number of halogens is 1. The molecule has 1 aromatic heterocycles. The SMILES string of the molecule is CC(N)n1cc(Oc2ccccc2F)cn1. The first-order valence-corrected chi connectivity index (χ1v) is 4.89. The van der Waals surface area contributed by atoms with Crippen molar-refractivity contribution in [2.75, 3.05) is 0 Å². The van der Waals surface area contributed by atoms with Crippen LogP contribution >= 0.6 is 0 Å². The fourth-order valence-corrected chi connectivity index (χ4v) is 1.25. The van der Waals surface area contributed by atoms with Crippen molar-refractivity contribution < 1.29 is 9.13 Å². The van der Waals surface area contributed by atoms with Crippen LogP contribution in [-0.4, -0.2) is 9.78 Å². The Balaban J connectivity index is 2.18. The number of para-hydroxylation sites is 1. The monoisotopic (exact) mass is 221 g/mol.